The number of carboxylic acids is 2. The van der Waals surface area contributed by atoms with Crippen molar-refractivity contribution in [1.29, 1.82) is 0 Å². The van der Waals surface area contributed by atoms with Gasteiger partial charge in [-0.05, 0) is 12.8 Å². The molecule has 0 heterocycles. The zero-order chi connectivity index (χ0) is 7.72. The van der Waals surface area contributed by atoms with E-state index in [1.54, 1.807) is 0 Å². The predicted octanol–water partition coefficient (Wildman–Crippen LogP) is 0.818. The molecule has 0 saturated heterocycles. The highest BCUT2D eigenvalue weighted by molar-refractivity contribution is 5.81. The second kappa shape index (κ2) is 3.37. The van der Waals surface area contributed by atoms with Gasteiger partial charge in [0.25, 0.3) is 0 Å². The molecule has 0 bridgehead atoms. The standard InChI is InChI=1S/C6H8O4.CH4/c7-5(8)3-1-2-4(3)6(9)10;/h3-4H,1-2H2,(H,7,8)(H,9,10);1H4. The van der Waals surface area contributed by atoms with Crippen LogP contribution >= 0.6 is 0 Å². The topological polar surface area (TPSA) is 74.6 Å². The first-order valence-electron chi connectivity index (χ1n) is 3.08. The van der Waals surface area contributed by atoms with E-state index in [4.69, 9.17) is 10.2 Å². The van der Waals surface area contributed by atoms with Gasteiger partial charge in [0.1, 0.15) is 0 Å². The zero-order valence-electron chi connectivity index (χ0n) is 5.28. The van der Waals surface area contributed by atoms with Gasteiger partial charge in [-0.1, -0.05) is 7.43 Å². The number of carbonyl (C=O) groups is 2. The van der Waals surface area contributed by atoms with Crippen molar-refractivity contribution < 1.29 is 19.8 Å². The van der Waals surface area contributed by atoms with Crippen molar-refractivity contribution >= 4 is 11.9 Å². The summed E-state index contributed by atoms with van der Waals surface area (Å²) in [6.07, 6.45) is 1.01. The number of hydrogen-bond acceptors (Lipinski definition) is 2. The van der Waals surface area contributed by atoms with Gasteiger partial charge in [0.2, 0.25) is 0 Å². The van der Waals surface area contributed by atoms with Gasteiger partial charge in [0, 0.05) is 0 Å². The van der Waals surface area contributed by atoms with E-state index in [1.165, 1.54) is 0 Å². The summed E-state index contributed by atoms with van der Waals surface area (Å²) in [5.41, 5.74) is 0. The first-order chi connectivity index (χ1) is 4.63. The third-order valence-corrected chi connectivity index (χ3v) is 1.91. The van der Waals surface area contributed by atoms with Crippen molar-refractivity contribution in [2.45, 2.75) is 20.3 Å². The molecule has 1 aliphatic rings. The Balaban J connectivity index is 0.000001000. The highest BCUT2D eigenvalue weighted by atomic mass is 16.4. The minimum absolute atomic E-state index is 0. The highest BCUT2D eigenvalue weighted by Crippen LogP contribution is 2.34. The summed E-state index contributed by atoms with van der Waals surface area (Å²) in [5, 5.41) is 16.8. The molecule has 2 atom stereocenters. The molecule has 11 heavy (non-hydrogen) atoms. The van der Waals surface area contributed by atoms with Crippen molar-refractivity contribution in [2.24, 2.45) is 11.8 Å². The van der Waals surface area contributed by atoms with Gasteiger partial charge in [-0.25, -0.2) is 0 Å². The van der Waals surface area contributed by atoms with Crippen LogP contribution in [0.1, 0.15) is 20.3 Å². The van der Waals surface area contributed by atoms with Crippen molar-refractivity contribution in [3.05, 3.63) is 0 Å². The Morgan fingerprint density at radius 1 is 1.00 bits per heavy atom. The Kier molecular flexibility index (Phi) is 3.04. The molecule has 0 amide bonds. The quantitative estimate of drug-likeness (QED) is 0.627. The number of rotatable bonds is 2. The van der Waals surface area contributed by atoms with Crippen molar-refractivity contribution in [1.82, 2.24) is 0 Å². The van der Waals surface area contributed by atoms with Crippen LogP contribution in [0.5, 0.6) is 0 Å². The van der Waals surface area contributed by atoms with Gasteiger partial charge in [-0.3, -0.25) is 9.59 Å². The van der Waals surface area contributed by atoms with Crippen molar-refractivity contribution in [2.75, 3.05) is 0 Å². The molecule has 1 fully saturated rings. The van der Waals surface area contributed by atoms with Crippen molar-refractivity contribution in [3.63, 3.8) is 0 Å². The molecule has 64 valence electrons. The third-order valence-electron chi connectivity index (χ3n) is 1.91. The average Bonchev–Trinajstić information content (AvgIpc) is 1.56. The molecule has 1 rings (SSSR count). The van der Waals surface area contributed by atoms with E-state index in [-0.39, 0.29) is 7.43 Å². The number of carboxylic acid groups (broad SMARTS) is 2. The second-order valence-corrected chi connectivity index (χ2v) is 2.47. The number of aliphatic carboxylic acids is 2. The van der Waals surface area contributed by atoms with Crippen LogP contribution in [0.4, 0.5) is 0 Å². The lowest BCUT2D eigenvalue weighted by molar-refractivity contribution is -0.160. The average molecular weight is 160 g/mol. The second-order valence-electron chi connectivity index (χ2n) is 2.47. The van der Waals surface area contributed by atoms with Crippen LogP contribution in [-0.2, 0) is 9.59 Å². The van der Waals surface area contributed by atoms with Crippen molar-refractivity contribution in [3.8, 4) is 0 Å². The van der Waals surface area contributed by atoms with Gasteiger partial charge in [0.05, 0.1) is 11.8 Å². The summed E-state index contributed by atoms with van der Waals surface area (Å²) in [4.78, 5) is 20.5. The largest absolute Gasteiger partial charge is 0.481 e. The molecule has 1 aliphatic carbocycles. The van der Waals surface area contributed by atoms with E-state index in [2.05, 4.69) is 0 Å². The van der Waals surface area contributed by atoms with Gasteiger partial charge < -0.3 is 10.2 Å². The summed E-state index contributed by atoms with van der Waals surface area (Å²) >= 11 is 0. The first-order valence-corrected chi connectivity index (χ1v) is 3.08. The van der Waals surface area contributed by atoms with E-state index < -0.39 is 23.8 Å². The molecular formula is C7H12O4. The molecule has 4 nitrogen and oxygen atoms in total. The van der Waals surface area contributed by atoms with Crippen LogP contribution < -0.4 is 0 Å². The predicted molar refractivity (Wildman–Crippen MR) is 38.2 cm³/mol. The lowest BCUT2D eigenvalue weighted by Gasteiger charge is -2.29. The molecule has 0 aromatic carbocycles. The van der Waals surface area contributed by atoms with E-state index in [0.717, 1.165) is 0 Å². The monoisotopic (exact) mass is 160 g/mol. The Labute approximate surface area is 64.8 Å². The molecule has 0 radical (unpaired) electrons. The van der Waals surface area contributed by atoms with E-state index in [9.17, 15) is 9.59 Å². The molecule has 0 aromatic rings. The molecule has 0 aliphatic heterocycles. The SMILES string of the molecule is C.O=C(O)C1CCC1C(=O)O. The summed E-state index contributed by atoms with van der Waals surface area (Å²) in [6.45, 7) is 0. The van der Waals surface area contributed by atoms with Gasteiger partial charge in [-0.15, -0.1) is 0 Å². The van der Waals surface area contributed by atoms with E-state index in [1.807, 2.05) is 0 Å². The molecule has 0 spiro atoms. The Hall–Kier alpha value is -1.06. The van der Waals surface area contributed by atoms with E-state index >= 15 is 0 Å². The molecule has 2 unspecified atom stereocenters. The van der Waals surface area contributed by atoms with Crippen LogP contribution in [-0.4, -0.2) is 22.2 Å². The fourth-order valence-corrected chi connectivity index (χ4v) is 1.09. The third kappa shape index (κ3) is 1.69. The van der Waals surface area contributed by atoms with Crippen LogP contribution in [0, 0.1) is 11.8 Å². The summed E-state index contributed by atoms with van der Waals surface area (Å²) in [5.74, 6) is -3.26. The lowest BCUT2D eigenvalue weighted by Crippen LogP contribution is -2.37. The van der Waals surface area contributed by atoms with Crippen LogP contribution in [0.3, 0.4) is 0 Å². The minimum Gasteiger partial charge on any atom is -0.481 e. The molecule has 4 heteroatoms. The maximum atomic E-state index is 10.2. The smallest absolute Gasteiger partial charge is 0.307 e. The Morgan fingerprint density at radius 3 is 1.36 bits per heavy atom. The zero-order valence-corrected chi connectivity index (χ0v) is 5.28. The minimum atomic E-state index is -0.987. The van der Waals surface area contributed by atoms with Gasteiger partial charge in [-0.2, -0.15) is 0 Å². The lowest BCUT2D eigenvalue weighted by atomic mass is 9.74. The fourth-order valence-electron chi connectivity index (χ4n) is 1.09. The Morgan fingerprint density at radius 2 is 1.27 bits per heavy atom. The maximum absolute atomic E-state index is 10.2. The first kappa shape index (κ1) is 9.94. The van der Waals surface area contributed by atoms with Crippen LogP contribution in [0.15, 0.2) is 0 Å². The highest BCUT2D eigenvalue weighted by Gasteiger charge is 2.41. The molecule has 0 aromatic heterocycles. The molecule has 2 N–H and O–H groups in total. The van der Waals surface area contributed by atoms with Gasteiger partial charge >= 0.3 is 11.9 Å². The maximum Gasteiger partial charge on any atom is 0.307 e. The Bertz CT molecular complexity index is 155. The van der Waals surface area contributed by atoms with Crippen LogP contribution in [0.25, 0.3) is 0 Å². The summed E-state index contributed by atoms with van der Waals surface area (Å²) in [7, 11) is 0. The van der Waals surface area contributed by atoms with E-state index in [0.29, 0.717) is 12.8 Å². The van der Waals surface area contributed by atoms with Crippen LogP contribution in [0.2, 0.25) is 0 Å². The van der Waals surface area contributed by atoms with Gasteiger partial charge in [0.15, 0.2) is 0 Å². The normalized spacial score (nSPS) is 28.0. The fraction of sp³-hybridized carbons (Fsp3) is 0.714. The summed E-state index contributed by atoms with van der Waals surface area (Å²) < 4.78 is 0. The molecular weight excluding hydrogens is 148 g/mol. The number of hydrogen-bond donors (Lipinski definition) is 2. The summed E-state index contributed by atoms with van der Waals surface area (Å²) in [6, 6.07) is 0. The molecule has 1 saturated carbocycles.